The lowest BCUT2D eigenvalue weighted by molar-refractivity contribution is -0.144. The van der Waals surface area contributed by atoms with Gasteiger partial charge in [0, 0.05) is 24.5 Å². The highest BCUT2D eigenvalue weighted by Crippen LogP contribution is 2.14. The molecule has 26 heavy (non-hydrogen) atoms. The van der Waals surface area contributed by atoms with E-state index in [9.17, 15) is 18.0 Å². The number of carbonyl (C=O) groups excluding carboxylic acids is 2. The minimum atomic E-state index is -3.75. The SMILES string of the molecule is CC(=O)Nc1ccc(S(=O)(=O)NCCC(=O)OCc2csc(C)n2)cc1. The van der Waals surface area contributed by atoms with Crippen LogP contribution in [0, 0.1) is 6.92 Å². The number of thiazole rings is 1. The molecule has 140 valence electrons. The first-order valence-corrected chi connectivity index (χ1v) is 10.1. The number of aromatic nitrogens is 1. The Hall–Kier alpha value is -2.30. The van der Waals surface area contributed by atoms with Crippen LogP contribution >= 0.6 is 11.3 Å². The second-order valence-electron chi connectivity index (χ2n) is 5.37. The Balaban J connectivity index is 1.79. The zero-order valence-corrected chi connectivity index (χ0v) is 15.9. The van der Waals surface area contributed by atoms with Gasteiger partial charge in [0.1, 0.15) is 6.61 Å². The molecule has 0 saturated carbocycles. The van der Waals surface area contributed by atoms with E-state index in [4.69, 9.17) is 4.74 Å². The number of sulfonamides is 1. The Labute approximate surface area is 155 Å². The molecule has 0 fully saturated rings. The molecule has 0 unspecified atom stereocenters. The van der Waals surface area contributed by atoms with Gasteiger partial charge in [0.05, 0.1) is 22.0 Å². The first-order valence-electron chi connectivity index (χ1n) is 7.70. The number of nitrogens with zero attached hydrogens (tertiary/aromatic N) is 1. The molecule has 2 aromatic rings. The van der Waals surface area contributed by atoms with Gasteiger partial charge >= 0.3 is 5.97 Å². The first kappa shape index (κ1) is 20.0. The van der Waals surface area contributed by atoms with Gasteiger partial charge in [-0.1, -0.05) is 0 Å². The lowest BCUT2D eigenvalue weighted by Crippen LogP contribution is -2.26. The van der Waals surface area contributed by atoms with E-state index in [-0.39, 0.29) is 30.4 Å². The van der Waals surface area contributed by atoms with Gasteiger partial charge in [-0.05, 0) is 31.2 Å². The van der Waals surface area contributed by atoms with E-state index < -0.39 is 16.0 Å². The zero-order chi connectivity index (χ0) is 19.2. The van der Waals surface area contributed by atoms with Crippen LogP contribution in [0.2, 0.25) is 0 Å². The predicted octanol–water partition coefficient (Wildman–Crippen LogP) is 1.82. The number of nitrogens with one attached hydrogen (secondary N) is 2. The van der Waals surface area contributed by atoms with E-state index in [1.807, 2.05) is 6.92 Å². The van der Waals surface area contributed by atoms with E-state index in [0.29, 0.717) is 11.4 Å². The molecule has 0 aliphatic carbocycles. The summed E-state index contributed by atoms with van der Waals surface area (Å²) in [6.45, 7) is 3.21. The third-order valence-corrected chi connectivity index (χ3v) is 5.45. The second-order valence-corrected chi connectivity index (χ2v) is 8.20. The number of hydrogen-bond donors (Lipinski definition) is 2. The fourth-order valence-electron chi connectivity index (χ4n) is 1.99. The molecular formula is C16H19N3O5S2. The predicted molar refractivity (Wildman–Crippen MR) is 97.2 cm³/mol. The summed E-state index contributed by atoms with van der Waals surface area (Å²) in [5.74, 6) is -0.760. The highest BCUT2D eigenvalue weighted by atomic mass is 32.2. The van der Waals surface area contributed by atoms with Crippen LogP contribution in [-0.4, -0.2) is 31.8 Å². The molecule has 0 spiro atoms. The molecule has 2 N–H and O–H groups in total. The van der Waals surface area contributed by atoms with Crippen molar-refractivity contribution < 1.29 is 22.7 Å². The van der Waals surface area contributed by atoms with E-state index in [1.54, 1.807) is 5.38 Å². The molecule has 0 aliphatic rings. The van der Waals surface area contributed by atoms with Crippen molar-refractivity contribution in [1.82, 2.24) is 9.71 Å². The molecule has 8 nitrogen and oxygen atoms in total. The largest absolute Gasteiger partial charge is 0.459 e. The normalized spacial score (nSPS) is 11.2. The van der Waals surface area contributed by atoms with Crippen LogP contribution in [0.4, 0.5) is 5.69 Å². The van der Waals surface area contributed by atoms with Gasteiger partial charge in [-0.25, -0.2) is 18.1 Å². The van der Waals surface area contributed by atoms with Crippen molar-refractivity contribution in [2.24, 2.45) is 0 Å². The molecule has 1 amide bonds. The maximum atomic E-state index is 12.2. The van der Waals surface area contributed by atoms with Crippen LogP contribution in [0.3, 0.4) is 0 Å². The third kappa shape index (κ3) is 6.21. The van der Waals surface area contributed by atoms with E-state index in [1.165, 1.54) is 42.5 Å². The number of carbonyl (C=O) groups is 2. The number of rotatable bonds is 8. The van der Waals surface area contributed by atoms with Gasteiger partial charge in [0.2, 0.25) is 15.9 Å². The van der Waals surface area contributed by atoms with Crippen molar-refractivity contribution in [3.05, 3.63) is 40.3 Å². The molecule has 1 heterocycles. The minimum absolute atomic E-state index is 0.0397. The Kier molecular flexibility index (Phi) is 6.83. The van der Waals surface area contributed by atoms with Gasteiger partial charge in [0.15, 0.2) is 0 Å². The summed E-state index contributed by atoms with van der Waals surface area (Å²) in [5, 5.41) is 5.24. The first-order chi connectivity index (χ1) is 12.3. The number of amides is 1. The molecule has 1 aromatic carbocycles. The number of anilines is 1. The van der Waals surface area contributed by atoms with Crippen LogP contribution in [0.1, 0.15) is 24.0 Å². The van der Waals surface area contributed by atoms with E-state index >= 15 is 0 Å². The number of esters is 1. The summed E-state index contributed by atoms with van der Waals surface area (Å²) in [6, 6.07) is 5.72. The number of ether oxygens (including phenoxy) is 1. The molecular weight excluding hydrogens is 378 g/mol. The Bertz CT molecular complexity index is 876. The monoisotopic (exact) mass is 397 g/mol. The van der Waals surface area contributed by atoms with Crippen LogP contribution in [0.5, 0.6) is 0 Å². The number of benzene rings is 1. The highest BCUT2D eigenvalue weighted by Gasteiger charge is 2.15. The Morgan fingerprint density at radius 1 is 1.23 bits per heavy atom. The maximum Gasteiger partial charge on any atom is 0.307 e. The van der Waals surface area contributed by atoms with Crippen LogP contribution in [0.25, 0.3) is 0 Å². The van der Waals surface area contributed by atoms with Gasteiger partial charge in [0.25, 0.3) is 0 Å². The molecule has 0 atom stereocenters. The molecule has 0 aliphatic heterocycles. The Morgan fingerprint density at radius 3 is 2.50 bits per heavy atom. The fraction of sp³-hybridized carbons (Fsp3) is 0.312. The lowest BCUT2D eigenvalue weighted by Gasteiger charge is -2.08. The quantitative estimate of drug-likeness (QED) is 0.657. The van der Waals surface area contributed by atoms with Crippen molar-refractivity contribution in [1.29, 1.82) is 0 Å². The summed E-state index contributed by atoms with van der Waals surface area (Å²) in [7, 11) is -3.75. The van der Waals surface area contributed by atoms with Crippen molar-refractivity contribution in [3.63, 3.8) is 0 Å². The van der Waals surface area contributed by atoms with Crippen LogP contribution in [-0.2, 0) is 31.0 Å². The topological polar surface area (TPSA) is 114 Å². The lowest BCUT2D eigenvalue weighted by atomic mass is 10.3. The van der Waals surface area contributed by atoms with Crippen molar-refractivity contribution in [2.45, 2.75) is 31.8 Å². The smallest absolute Gasteiger partial charge is 0.307 e. The second kappa shape index (κ2) is 8.88. The summed E-state index contributed by atoms with van der Waals surface area (Å²) in [6.07, 6.45) is -0.0909. The maximum absolute atomic E-state index is 12.2. The van der Waals surface area contributed by atoms with Crippen molar-refractivity contribution in [3.8, 4) is 0 Å². The molecule has 0 bridgehead atoms. The molecule has 2 rings (SSSR count). The average molecular weight is 397 g/mol. The molecule has 10 heteroatoms. The molecule has 1 aromatic heterocycles. The standard InChI is InChI=1S/C16H19N3O5S2/c1-11(20)18-13-3-5-15(6-4-13)26(22,23)17-8-7-16(21)24-9-14-10-25-12(2)19-14/h3-6,10,17H,7-9H2,1-2H3,(H,18,20). The molecule has 0 saturated heterocycles. The van der Waals surface area contributed by atoms with Gasteiger partial charge < -0.3 is 10.1 Å². The minimum Gasteiger partial charge on any atom is -0.459 e. The van der Waals surface area contributed by atoms with Crippen LogP contribution < -0.4 is 10.0 Å². The third-order valence-electron chi connectivity index (χ3n) is 3.15. The number of hydrogen-bond acceptors (Lipinski definition) is 7. The Morgan fingerprint density at radius 2 is 1.92 bits per heavy atom. The summed E-state index contributed by atoms with van der Waals surface area (Å²) >= 11 is 1.46. The average Bonchev–Trinajstić information content (AvgIpc) is 2.98. The molecule has 0 radical (unpaired) electrons. The highest BCUT2D eigenvalue weighted by molar-refractivity contribution is 7.89. The van der Waals surface area contributed by atoms with Crippen molar-refractivity contribution in [2.75, 3.05) is 11.9 Å². The fourth-order valence-corrected chi connectivity index (χ4v) is 3.62. The van der Waals surface area contributed by atoms with Gasteiger partial charge in [-0.15, -0.1) is 11.3 Å². The summed E-state index contributed by atoms with van der Waals surface area (Å²) in [5.41, 5.74) is 1.16. The van der Waals surface area contributed by atoms with Crippen LogP contribution in [0.15, 0.2) is 34.5 Å². The van der Waals surface area contributed by atoms with Gasteiger partial charge in [-0.2, -0.15) is 0 Å². The summed E-state index contributed by atoms with van der Waals surface area (Å²) < 4.78 is 31.7. The van der Waals surface area contributed by atoms with E-state index in [2.05, 4.69) is 15.0 Å². The number of aryl methyl sites for hydroxylation is 1. The van der Waals surface area contributed by atoms with Crippen molar-refractivity contribution >= 4 is 38.9 Å². The summed E-state index contributed by atoms with van der Waals surface area (Å²) in [4.78, 5) is 26.8. The van der Waals surface area contributed by atoms with Gasteiger partial charge in [-0.3, -0.25) is 9.59 Å². The van der Waals surface area contributed by atoms with E-state index in [0.717, 1.165) is 5.01 Å². The zero-order valence-electron chi connectivity index (χ0n) is 14.3.